The highest BCUT2D eigenvalue weighted by atomic mass is 32.2. The van der Waals surface area contributed by atoms with E-state index in [0.717, 1.165) is 5.75 Å². The highest BCUT2D eigenvalue weighted by molar-refractivity contribution is 7.98. The van der Waals surface area contributed by atoms with E-state index in [9.17, 15) is 0 Å². The maximum atomic E-state index is 2.20. The molecule has 0 atom stereocenters. The number of rotatable bonds is 3. The lowest BCUT2D eigenvalue weighted by atomic mass is 10.1. The first-order valence-electron chi connectivity index (χ1n) is 5.50. The van der Waals surface area contributed by atoms with Gasteiger partial charge in [-0.05, 0) is 37.1 Å². The van der Waals surface area contributed by atoms with E-state index in [2.05, 4.69) is 62.4 Å². The van der Waals surface area contributed by atoms with E-state index in [1.165, 1.54) is 21.6 Å². The molecule has 0 fully saturated rings. The van der Waals surface area contributed by atoms with Crippen LogP contribution < -0.4 is 0 Å². The Morgan fingerprint density at radius 3 is 2.25 bits per heavy atom. The molecule has 0 saturated carbocycles. The molecular formula is C15H16S. The molecule has 0 bridgehead atoms. The van der Waals surface area contributed by atoms with Crippen LogP contribution in [-0.4, -0.2) is 0 Å². The second-order valence-electron chi connectivity index (χ2n) is 4.03. The third kappa shape index (κ3) is 2.89. The molecule has 2 aromatic carbocycles. The van der Waals surface area contributed by atoms with Crippen molar-refractivity contribution in [2.24, 2.45) is 0 Å². The molecule has 1 heteroatoms. The van der Waals surface area contributed by atoms with Crippen LogP contribution >= 0.6 is 11.8 Å². The lowest BCUT2D eigenvalue weighted by Crippen LogP contribution is -1.85. The largest absolute Gasteiger partial charge is 0.121 e. The molecule has 0 radical (unpaired) electrons. The van der Waals surface area contributed by atoms with Gasteiger partial charge >= 0.3 is 0 Å². The molecule has 0 heterocycles. The number of thioether (sulfide) groups is 1. The van der Waals surface area contributed by atoms with Gasteiger partial charge in [-0.1, -0.05) is 42.0 Å². The molecule has 0 N–H and O–H groups in total. The summed E-state index contributed by atoms with van der Waals surface area (Å²) in [5, 5.41) is 0. The van der Waals surface area contributed by atoms with E-state index in [-0.39, 0.29) is 0 Å². The summed E-state index contributed by atoms with van der Waals surface area (Å²) in [5.74, 6) is 1.05. The maximum absolute atomic E-state index is 2.20. The van der Waals surface area contributed by atoms with Crippen molar-refractivity contribution in [3.05, 3.63) is 65.2 Å². The molecule has 82 valence electrons. The molecule has 0 aromatic heterocycles. The van der Waals surface area contributed by atoms with Gasteiger partial charge in [-0.3, -0.25) is 0 Å². The van der Waals surface area contributed by atoms with Gasteiger partial charge in [-0.25, -0.2) is 0 Å². The minimum absolute atomic E-state index is 1.05. The molecule has 0 spiro atoms. The molecule has 2 aromatic rings. The van der Waals surface area contributed by atoms with Crippen LogP contribution in [0, 0.1) is 13.8 Å². The summed E-state index contributed by atoms with van der Waals surface area (Å²) in [6, 6.07) is 17.3. The van der Waals surface area contributed by atoms with Gasteiger partial charge in [0.25, 0.3) is 0 Å². The van der Waals surface area contributed by atoms with Crippen LogP contribution in [0.2, 0.25) is 0 Å². The van der Waals surface area contributed by atoms with Crippen LogP contribution in [0.4, 0.5) is 0 Å². The van der Waals surface area contributed by atoms with Crippen molar-refractivity contribution in [1.29, 1.82) is 0 Å². The molecule has 0 amide bonds. The Morgan fingerprint density at radius 2 is 1.56 bits per heavy atom. The zero-order valence-electron chi connectivity index (χ0n) is 9.73. The molecule has 0 aliphatic heterocycles. The second kappa shape index (κ2) is 5.22. The quantitative estimate of drug-likeness (QED) is 0.692. The smallest absolute Gasteiger partial charge is 0.0234 e. The van der Waals surface area contributed by atoms with Gasteiger partial charge in [-0.2, -0.15) is 0 Å². The highest BCUT2D eigenvalue weighted by Crippen LogP contribution is 2.24. The normalized spacial score (nSPS) is 10.4. The first-order chi connectivity index (χ1) is 7.75. The van der Waals surface area contributed by atoms with Crippen LogP contribution in [0.1, 0.15) is 16.7 Å². The average Bonchev–Trinajstić information content (AvgIpc) is 2.30. The Morgan fingerprint density at radius 1 is 0.875 bits per heavy atom. The molecule has 16 heavy (non-hydrogen) atoms. The van der Waals surface area contributed by atoms with Crippen LogP contribution in [0.5, 0.6) is 0 Å². The van der Waals surface area contributed by atoms with E-state index >= 15 is 0 Å². The van der Waals surface area contributed by atoms with Gasteiger partial charge in [0, 0.05) is 10.6 Å². The van der Waals surface area contributed by atoms with Crippen LogP contribution in [-0.2, 0) is 5.75 Å². The fourth-order valence-electron chi connectivity index (χ4n) is 1.57. The first-order valence-corrected chi connectivity index (χ1v) is 6.48. The monoisotopic (exact) mass is 228 g/mol. The van der Waals surface area contributed by atoms with Gasteiger partial charge in [0.15, 0.2) is 0 Å². The summed E-state index contributed by atoms with van der Waals surface area (Å²) >= 11 is 1.90. The van der Waals surface area contributed by atoms with Gasteiger partial charge < -0.3 is 0 Å². The van der Waals surface area contributed by atoms with Crippen LogP contribution in [0.3, 0.4) is 0 Å². The third-order valence-electron chi connectivity index (χ3n) is 2.68. The Balaban J connectivity index is 2.02. The summed E-state index contributed by atoms with van der Waals surface area (Å²) in [7, 11) is 0. The van der Waals surface area contributed by atoms with Crippen molar-refractivity contribution in [1.82, 2.24) is 0 Å². The van der Waals surface area contributed by atoms with Crippen molar-refractivity contribution in [3.8, 4) is 0 Å². The van der Waals surface area contributed by atoms with E-state index in [1.54, 1.807) is 0 Å². The summed E-state index contributed by atoms with van der Waals surface area (Å²) in [4.78, 5) is 1.34. The van der Waals surface area contributed by atoms with E-state index in [1.807, 2.05) is 11.8 Å². The van der Waals surface area contributed by atoms with Gasteiger partial charge in [0.1, 0.15) is 0 Å². The van der Waals surface area contributed by atoms with Gasteiger partial charge in [0.2, 0.25) is 0 Å². The minimum Gasteiger partial charge on any atom is -0.121 e. The highest BCUT2D eigenvalue weighted by Gasteiger charge is 1.98. The predicted molar refractivity (Wildman–Crippen MR) is 71.9 cm³/mol. The Labute approximate surface area is 102 Å². The van der Waals surface area contributed by atoms with Crippen molar-refractivity contribution in [2.45, 2.75) is 24.5 Å². The van der Waals surface area contributed by atoms with Gasteiger partial charge in [-0.15, -0.1) is 11.8 Å². The standard InChI is InChI=1S/C15H16S/c1-12-7-9-15(10-8-12)16-11-14-6-4-3-5-13(14)2/h3-10H,11H2,1-2H3. The van der Waals surface area contributed by atoms with Crippen LogP contribution in [0.15, 0.2) is 53.4 Å². The van der Waals surface area contributed by atoms with Crippen molar-refractivity contribution in [2.75, 3.05) is 0 Å². The Bertz CT molecular complexity index is 457. The fourth-order valence-corrected chi connectivity index (χ4v) is 2.54. The predicted octanol–water partition coefficient (Wildman–Crippen LogP) is 4.60. The molecule has 2 rings (SSSR count). The molecule has 0 aliphatic rings. The van der Waals surface area contributed by atoms with E-state index in [0.29, 0.717) is 0 Å². The molecular weight excluding hydrogens is 212 g/mol. The number of hydrogen-bond acceptors (Lipinski definition) is 1. The lowest BCUT2D eigenvalue weighted by Gasteiger charge is -2.05. The summed E-state index contributed by atoms with van der Waals surface area (Å²) in [6.45, 7) is 4.29. The summed E-state index contributed by atoms with van der Waals surface area (Å²) < 4.78 is 0. The molecule has 0 unspecified atom stereocenters. The first kappa shape index (κ1) is 11.3. The summed E-state index contributed by atoms with van der Waals surface area (Å²) in [6.07, 6.45) is 0. The molecule has 0 saturated heterocycles. The van der Waals surface area contributed by atoms with Crippen molar-refractivity contribution >= 4 is 11.8 Å². The number of hydrogen-bond donors (Lipinski definition) is 0. The van der Waals surface area contributed by atoms with E-state index < -0.39 is 0 Å². The second-order valence-corrected chi connectivity index (χ2v) is 5.08. The summed E-state index contributed by atoms with van der Waals surface area (Å²) in [5.41, 5.74) is 4.12. The molecule has 0 aliphatic carbocycles. The Hall–Kier alpha value is -1.21. The third-order valence-corrected chi connectivity index (χ3v) is 3.74. The van der Waals surface area contributed by atoms with Crippen LogP contribution in [0.25, 0.3) is 0 Å². The van der Waals surface area contributed by atoms with Crippen molar-refractivity contribution in [3.63, 3.8) is 0 Å². The maximum Gasteiger partial charge on any atom is 0.0234 e. The van der Waals surface area contributed by atoms with Crippen molar-refractivity contribution < 1.29 is 0 Å². The Kier molecular flexibility index (Phi) is 3.68. The SMILES string of the molecule is Cc1ccc(SCc2ccccc2C)cc1. The fraction of sp³-hybridized carbons (Fsp3) is 0.200. The lowest BCUT2D eigenvalue weighted by molar-refractivity contribution is 1.29. The topological polar surface area (TPSA) is 0 Å². The number of benzene rings is 2. The minimum atomic E-state index is 1.05. The molecule has 0 nitrogen and oxygen atoms in total. The van der Waals surface area contributed by atoms with E-state index in [4.69, 9.17) is 0 Å². The average molecular weight is 228 g/mol. The number of aryl methyl sites for hydroxylation is 2. The zero-order chi connectivity index (χ0) is 11.4. The van der Waals surface area contributed by atoms with Gasteiger partial charge in [0.05, 0.1) is 0 Å². The zero-order valence-corrected chi connectivity index (χ0v) is 10.6.